The summed E-state index contributed by atoms with van der Waals surface area (Å²) < 4.78 is 0. The van der Waals surface area contributed by atoms with E-state index >= 15 is 0 Å². The highest BCUT2D eigenvalue weighted by Crippen LogP contribution is 2.53. The number of carbonyl (C=O) groups is 1. The maximum absolute atomic E-state index is 11.8. The van der Waals surface area contributed by atoms with E-state index < -0.39 is 0 Å². The van der Waals surface area contributed by atoms with Crippen molar-refractivity contribution in [2.24, 2.45) is 28.7 Å². The van der Waals surface area contributed by atoms with Crippen LogP contribution < -0.4 is 5.32 Å². The van der Waals surface area contributed by atoms with Gasteiger partial charge in [0.15, 0.2) is 0 Å². The van der Waals surface area contributed by atoms with Crippen molar-refractivity contribution in [3.8, 4) is 0 Å². The molecule has 14 heavy (non-hydrogen) atoms. The van der Waals surface area contributed by atoms with Gasteiger partial charge in [-0.15, -0.1) is 0 Å². The average Bonchev–Trinajstić information content (AvgIpc) is 2.59. The molecule has 3 heteroatoms. The number of nitrogens with one attached hydrogen (secondary N) is 1. The molecule has 2 fully saturated rings. The number of hydrogen-bond donors (Lipinski definition) is 1. The van der Waals surface area contributed by atoms with Gasteiger partial charge in [0.25, 0.3) is 0 Å². The van der Waals surface area contributed by atoms with Crippen molar-refractivity contribution in [2.45, 2.75) is 32.7 Å². The minimum absolute atomic E-state index is 0.194. The molecule has 5 atom stereocenters. The van der Waals surface area contributed by atoms with Crippen LogP contribution in [0.5, 0.6) is 0 Å². The fraction of sp³-hybridized carbons (Fsp3) is 0.818. The first-order valence-electron chi connectivity index (χ1n) is 5.52. The van der Waals surface area contributed by atoms with Crippen LogP contribution in [-0.2, 0) is 4.79 Å². The van der Waals surface area contributed by atoms with E-state index in [9.17, 15) is 4.79 Å². The van der Waals surface area contributed by atoms with Crippen molar-refractivity contribution in [1.29, 1.82) is 0 Å². The highest BCUT2D eigenvalue weighted by molar-refractivity contribution is 6.00. The Kier molecular flexibility index (Phi) is 1.56. The summed E-state index contributed by atoms with van der Waals surface area (Å²) in [6.07, 6.45) is 2.45. The van der Waals surface area contributed by atoms with Crippen LogP contribution in [0.15, 0.2) is 4.99 Å². The normalized spacial score (nSPS) is 50.0. The van der Waals surface area contributed by atoms with Gasteiger partial charge in [-0.2, -0.15) is 0 Å². The van der Waals surface area contributed by atoms with E-state index in [1.807, 2.05) is 6.92 Å². The zero-order chi connectivity index (χ0) is 9.87. The lowest BCUT2D eigenvalue weighted by Crippen LogP contribution is -2.48. The molecule has 0 aromatic rings. The molecule has 3 nitrogen and oxygen atoms in total. The Morgan fingerprint density at radius 2 is 2.21 bits per heavy atom. The quantitative estimate of drug-likeness (QED) is 0.615. The lowest BCUT2D eigenvalue weighted by Gasteiger charge is -2.34. The molecule has 0 saturated heterocycles. The van der Waals surface area contributed by atoms with Gasteiger partial charge in [-0.1, -0.05) is 6.92 Å². The van der Waals surface area contributed by atoms with E-state index in [1.54, 1.807) is 0 Å². The monoisotopic (exact) mass is 192 g/mol. The van der Waals surface area contributed by atoms with Gasteiger partial charge in [0, 0.05) is 0 Å². The zero-order valence-corrected chi connectivity index (χ0v) is 8.66. The van der Waals surface area contributed by atoms with Crippen LogP contribution in [0.25, 0.3) is 0 Å². The first-order valence-corrected chi connectivity index (χ1v) is 5.52. The maximum atomic E-state index is 11.8. The van der Waals surface area contributed by atoms with Crippen LogP contribution in [-0.4, -0.2) is 17.8 Å². The van der Waals surface area contributed by atoms with Gasteiger partial charge in [-0.05, 0) is 37.5 Å². The van der Waals surface area contributed by atoms with Crippen molar-refractivity contribution >= 4 is 11.7 Å². The van der Waals surface area contributed by atoms with Gasteiger partial charge < -0.3 is 5.32 Å². The molecule has 2 saturated carbocycles. The number of amides is 1. The van der Waals surface area contributed by atoms with Gasteiger partial charge in [-0.25, -0.2) is 0 Å². The molecular formula is C11H16N2O. The Morgan fingerprint density at radius 3 is 3.00 bits per heavy atom. The fourth-order valence-corrected chi connectivity index (χ4v) is 3.71. The Labute approximate surface area is 84.0 Å². The Balaban J connectivity index is 1.98. The van der Waals surface area contributed by atoms with E-state index in [1.165, 1.54) is 12.8 Å². The van der Waals surface area contributed by atoms with E-state index in [0.29, 0.717) is 17.9 Å². The van der Waals surface area contributed by atoms with Crippen LogP contribution in [0, 0.1) is 23.7 Å². The SMILES string of the molecule is CC1=NC2C3CC(CC3C)C2C(=O)N1. The van der Waals surface area contributed by atoms with Crippen LogP contribution in [0.4, 0.5) is 0 Å². The van der Waals surface area contributed by atoms with Crippen molar-refractivity contribution in [1.82, 2.24) is 5.32 Å². The molecule has 1 amide bonds. The van der Waals surface area contributed by atoms with Gasteiger partial charge in [-0.3, -0.25) is 9.79 Å². The molecule has 3 rings (SSSR count). The topological polar surface area (TPSA) is 41.5 Å². The Bertz CT molecular complexity index is 323. The van der Waals surface area contributed by atoms with Crippen molar-refractivity contribution in [2.75, 3.05) is 0 Å². The van der Waals surface area contributed by atoms with E-state index in [-0.39, 0.29) is 11.8 Å². The number of amidine groups is 1. The maximum Gasteiger partial charge on any atom is 0.230 e. The zero-order valence-electron chi connectivity index (χ0n) is 8.66. The molecule has 0 radical (unpaired) electrons. The van der Waals surface area contributed by atoms with Crippen LogP contribution in [0.2, 0.25) is 0 Å². The summed E-state index contributed by atoms with van der Waals surface area (Å²) in [6, 6.07) is 0.303. The minimum Gasteiger partial charge on any atom is -0.314 e. The summed E-state index contributed by atoms with van der Waals surface area (Å²) in [6.45, 7) is 4.20. The van der Waals surface area contributed by atoms with Gasteiger partial charge in [0.1, 0.15) is 5.84 Å². The summed E-state index contributed by atoms with van der Waals surface area (Å²) in [7, 11) is 0. The first-order chi connectivity index (χ1) is 6.66. The predicted octanol–water partition coefficient (Wildman–Crippen LogP) is 1.20. The molecule has 2 bridgehead atoms. The minimum atomic E-state index is 0.194. The van der Waals surface area contributed by atoms with E-state index in [0.717, 1.165) is 11.8 Å². The summed E-state index contributed by atoms with van der Waals surface area (Å²) >= 11 is 0. The summed E-state index contributed by atoms with van der Waals surface area (Å²) in [5, 5.41) is 2.86. The summed E-state index contributed by atoms with van der Waals surface area (Å²) in [5.41, 5.74) is 0. The molecule has 1 N–H and O–H groups in total. The Morgan fingerprint density at radius 1 is 1.43 bits per heavy atom. The standard InChI is InChI=1S/C11H16N2O/c1-5-3-7-4-8(5)10-9(7)11(14)13-6(2)12-10/h5,7-10H,3-4H2,1-2H3,(H,12,13,14). The van der Waals surface area contributed by atoms with Gasteiger partial charge in [0.05, 0.1) is 12.0 Å². The van der Waals surface area contributed by atoms with Crippen LogP contribution >= 0.6 is 0 Å². The first kappa shape index (κ1) is 8.45. The molecular weight excluding hydrogens is 176 g/mol. The molecule has 3 aliphatic rings. The highest BCUT2D eigenvalue weighted by atomic mass is 16.2. The number of carbonyl (C=O) groups excluding carboxylic acids is 1. The second kappa shape index (κ2) is 2.59. The van der Waals surface area contributed by atoms with Crippen molar-refractivity contribution < 1.29 is 4.79 Å². The molecule has 2 aliphatic carbocycles. The van der Waals surface area contributed by atoms with Crippen LogP contribution in [0.3, 0.4) is 0 Å². The second-order valence-corrected chi connectivity index (χ2v) is 5.09. The lowest BCUT2D eigenvalue weighted by molar-refractivity contribution is -0.126. The fourth-order valence-electron chi connectivity index (χ4n) is 3.71. The number of hydrogen-bond acceptors (Lipinski definition) is 2. The Hall–Kier alpha value is -0.860. The molecule has 1 aliphatic heterocycles. The van der Waals surface area contributed by atoms with E-state index in [2.05, 4.69) is 17.2 Å². The second-order valence-electron chi connectivity index (χ2n) is 5.09. The molecule has 0 spiro atoms. The number of fused-ring (bicyclic) bond motifs is 5. The molecule has 1 heterocycles. The largest absolute Gasteiger partial charge is 0.314 e. The summed E-state index contributed by atoms with van der Waals surface area (Å²) in [5.74, 6) is 3.28. The molecule has 0 aromatic carbocycles. The van der Waals surface area contributed by atoms with Crippen LogP contribution in [0.1, 0.15) is 26.7 Å². The van der Waals surface area contributed by atoms with Gasteiger partial charge >= 0.3 is 0 Å². The highest BCUT2D eigenvalue weighted by Gasteiger charge is 2.55. The predicted molar refractivity (Wildman–Crippen MR) is 53.9 cm³/mol. The number of aliphatic imine (C=N–C) groups is 1. The van der Waals surface area contributed by atoms with Crippen molar-refractivity contribution in [3.05, 3.63) is 0 Å². The third kappa shape index (κ3) is 0.928. The third-order valence-corrected chi connectivity index (χ3v) is 4.24. The molecule has 0 aromatic heterocycles. The van der Waals surface area contributed by atoms with Gasteiger partial charge in [0.2, 0.25) is 5.91 Å². The summed E-state index contributed by atoms with van der Waals surface area (Å²) in [4.78, 5) is 16.4. The third-order valence-electron chi connectivity index (χ3n) is 4.24. The molecule has 76 valence electrons. The van der Waals surface area contributed by atoms with Crippen molar-refractivity contribution in [3.63, 3.8) is 0 Å². The molecule has 5 unspecified atom stereocenters. The smallest absolute Gasteiger partial charge is 0.230 e. The van der Waals surface area contributed by atoms with E-state index in [4.69, 9.17) is 0 Å². The average molecular weight is 192 g/mol. The number of rotatable bonds is 0. The lowest BCUT2D eigenvalue weighted by atomic mass is 9.78. The number of nitrogens with zero attached hydrogens (tertiary/aromatic N) is 1.